The highest BCUT2D eigenvalue weighted by Gasteiger charge is 2.16. The first-order chi connectivity index (χ1) is 9.66. The second kappa shape index (κ2) is 8.11. The van der Waals surface area contributed by atoms with Gasteiger partial charge in [-0.2, -0.15) is 0 Å². The number of hydrogen-bond acceptors (Lipinski definition) is 2. The van der Waals surface area contributed by atoms with Gasteiger partial charge in [-0.25, -0.2) is 4.39 Å². The van der Waals surface area contributed by atoms with E-state index in [4.69, 9.17) is 0 Å². The van der Waals surface area contributed by atoms with E-state index in [2.05, 4.69) is 33.1 Å². The van der Waals surface area contributed by atoms with Gasteiger partial charge in [0.2, 0.25) is 0 Å². The summed E-state index contributed by atoms with van der Waals surface area (Å²) in [6.45, 7) is 6.44. The first kappa shape index (κ1) is 15.9. The van der Waals surface area contributed by atoms with Gasteiger partial charge >= 0.3 is 0 Å². The molecule has 2 rings (SSSR count). The molecule has 4 heteroatoms. The Bertz CT molecular complexity index is 425. The van der Waals surface area contributed by atoms with Crippen LogP contribution in [0.4, 0.5) is 4.39 Å². The summed E-state index contributed by atoms with van der Waals surface area (Å²) in [5.41, 5.74) is 0.983. The van der Waals surface area contributed by atoms with Crippen LogP contribution in [0.25, 0.3) is 0 Å². The Kier molecular flexibility index (Phi) is 6.46. The van der Waals surface area contributed by atoms with E-state index >= 15 is 0 Å². The summed E-state index contributed by atoms with van der Waals surface area (Å²) >= 11 is 3.46. The van der Waals surface area contributed by atoms with Crippen molar-refractivity contribution in [1.29, 1.82) is 0 Å². The molecule has 1 heterocycles. The van der Waals surface area contributed by atoms with Gasteiger partial charge in [0, 0.05) is 17.1 Å². The molecule has 0 aliphatic carbocycles. The van der Waals surface area contributed by atoms with Gasteiger partial charge in [-0.3, -0.25) is 0 Å². The third kappa shape index (κ3) is 4.83. The van der Waals surface area contributed by atoms with Gasteiger partial charge in [0.05, 0.1) is 0 Å². The van der Waals surface area contributed by atoms with Gasteiger partial charge in [-0.05, 0) is 69.6 Å². The van der Waals surface area contributed by atoms with Crippen LogP contribution < -0.4 is 5.32 Å². The summed E-state index contributed by atoms with van der Waals surface area (Å²) in [5.74, 6) is -0.174. The molecule has 0 aromatic heterocycles. The summed E-state index contributed by atoms with van der Waals surface area (Å²) in [6, 6.07) is 5.57. The normalized spacial score (nSPS) is 20.2. The minimum absolute atomic E-state index is 0.174. The molecule has 1 saturated heterocycles. The fraction of sp³-hybridized carbons (Fsp3) is 0.625. The van der Waals surface area contributed by atoms with Gasteiger partial charge in [0.1, 0.15) is 5.82 Å². The van der Waals surface area contributed by atoms with E-state index in [1.54, 1.807) is 12.1 Å². The fourth-order valence-corrected chi connectivity index (χ4v) is 3.19. The summed E-state index contributed by atoms with van der Waals surface area (Å²) in [6.07, 6.45) is 5.21. The first-order valence-corrected chi connectivity index (χ1v) is 8.35. The number of nitrogens with zero attached hydrogens (tertiary/aromatic N) is 1. The van der Waals surface area contributed by atoms with Crippen LogP contribution in [-0.2, 0) is 6.54 Å². The summed E-state index contributed by atoms with van der Waals surface area (Å²) < 4.78 is 14.1. The van der Waals surface area contributed by atoms with Crippen molar-refractivity contribution >= 4 is 15.9 Å². The quantitative estimate of drug-likeness (QED) is 0.787. The van der Waals surface area contributed by atoms with Gasteiger partial charge in [-0.1, -0.05) is 22.4 Å². The number of halogens is 2. The van der Waals surface area contributed by atoms with Crippen LogP contribution in [0.3, 0.4) is 0 Å². The third-order valence-corrected chi connectivity index (χ3v) is 4.84. The number of hydrogen-bond donors (Lipinski definition) is 1. The van der Waals surface area contributed by atoms with E-state index in [0.29, 0.717) is 6.54 Å². The molecule has 0 spiro atoms. The standard InChI is InChI=1S/C16H24BrFN2/c1-13-5-2-3-9-20(13)10-4-8-19-12-14-11-15(18)6-7-16(14)17/h6-7,11,13,19H,2-5,8-10,12H2,1H3. The molecule has 1 aromatic carbocycles. The van der Waals surface area contributed by atoms with Gasteiger partial charge in [0.15, 0.2) is 0 Å². The zero-order valence-electron chi connectivity index (χ0n) is 12.2. The molecule has 1 aliphatic heterocycles. The summed E-state index contributed by atoms with van der Waals surface area (Å²) in [7, 11) is 0. The lowest BCUT2D eigenvalue weighted by molar-refractivity contribution is 0.159. The lowest BCUT2D eigenvalue weighted by Crippen LogP contribution is -2.38. The van der Waals surface area contributed by atoms with Crippen molar-refractivity contribution in [2.75, 3.05) is 19.6 Å². The molecule has 1 fully saturated rings. The summed E-state index contributed by atoms with van der Waals surface area (Å²) in [4.78, 5) is 2.59. The highest BCUT2D eigenvalue weighted by molar-refractivity contribution is 9.10. The van der Waals surface area contributed by atoms with Gasteiger partial charge < -0.3 is 10.2 Å². The average molecular weight is 343 g/mol. The van der Waals surface area contributed by atoms with Crippen LogP contribution in [0.15, 0.2) is 22.7 Å². The smallest absolute Gasteiger partial charge is 0.123 e. The molecule has 20 heavy (non-hydrogen) atoms. The van der Waals surface area contributed by atoms with Crippen molar-refractivity contribution in [3.8, 4) is 0 Å². The van der Waals surface area contributed by atoms with Crippen molar-refractivity contribution in [1.82, 2.24) is 10.2 Å². The van der Waals surface area contributed by atoms with Crippen LogP contribution in [0.2, 0.25) is 0 Å². The topological polar surface area (TPSA) is 15.3 Å². The Morgan fingerprint density at radius 1 is 1.40 bits per heavy atom. The number of rotatable bonds is 6. The van der Waals surface area contributed by atoms with E-state index in [1.165, 1.54) is 38.4 Å². The molecule has 0 saturated carbocycles. The highest BCUT2D eigenvalue weighted by Crippen LogP contribution is 2.18. The molecule has 1 N–H and O–H groups in total. The second-order valence-electron chi connectivity index (χ2n) is 5.65. The number of benzene rings is 1. The first-order valence-electron chi connectivity index (χ1n) is 7.55. The van der Waals surface area contributed by atoms with Crippen LogP contribution >= 0.6 is 15.9 Å². The van der Waals surface area contributed by atoms with Crippen LogP contribution in [0, 0.1) is 5.82 Å². The molecule has 1 aliphatic rings. The van der Waals surface area contributed by atoms with Gasteiger partial charge in [0.25, 0.3) is 0 Å². The Balaban J connectivity index is 1.65. The number of nitrogens with one attached hydrogen (secondary N) is 1. The maximum absolute atomic E-state index is 13.2. The molecule has 0 radical (unpaired) electrons. The molecule has 112 valence electrons. The molecule has 1 unspecified atom stereocenters. The predicted molar refractivity (Wildman–Crippen MR) is 85.3 cm³/mol. The maximum Gasteiger partial charge on any atom is 0.123 e. The van der Waals surface area contributed by atoms with Crippen molar-refractivity contribution in [3.63, 3.8) is 0 Å². The third-order valence-electron chi connectivity index (χ3n) is 4.06. The molecule has 1 atom stereocenters. The monoisotopic (exact) mass is 342 g/mol. The Labute approximate surface area is 129 Å². The molecule has 0 bridgehead atoms. The van der Waals surface area contributed by atoms with E-state index < -0.39 is 0 Å². The van der Waals surface area contributed by atoms with E-state index in [1.807, 2.05) is 0 Å². The molecule has 1 aromatic rings. The van der Waals surface area contributed by atoms with E-state index in [9.17, 15) is 4.39 Å². The Hall–Kier alpha value is -0.450. The Morgan fingerprint density at radius 3 is 3.05 bits per heavy atom. The molecule has 0 amide bonds. The van der Waals surface area contributed by atoms with Crippen LogP contribution in [0.5, 0.6) is 0 Å². The van der Waals surface area contributed by atoms with Crippen LogP contribution in [-0.4, -0.2) is 30.6 Å². The highest BCUT2D eigenvalue weighted by atomic mass is 79.9. The number of likely N-dealkylation sites (tertiary alicyclic amines) is 1. The van der Waals surface area contributed by atoms with E-state index in [-0.39, 0.29) is 5.82 Å². The molecular weight excluding hydrogens is 319 g/mol. The van der Waals surface area contributed by atoms with Crippen molar-refractivity contribution in [2.24, 2.45) is 0 Å². The minimum atomic E-state index is -0.174. The van der Waals surface area contributed by atoms with Crippen molar-refractivity contribution in [2.45, 2.75) is 45.2 Å². The van der Waals surface area contributed by atoms with Crippen LogP contribution in [0.1, 0.15) is 38.2 Å². The fourth-order valence-electron chi connectivity index (χ4n) is 2.80. The zero-order chi connectivity index (χ0) is 14.4. The van der Waals surface area contributed by atoms with Crippen molar-refractivity contribution < 1.29 is 4.39 Å². The maximum atomic E-state index is 13.2. The Morgan fingerprint density at radius 2 is 2.25 bits per heavy atom. The largest absolute Gasteiger partial charge is 0.313 e. The molecule has 2 nitrogen and oxygen atoms in total. The second-order valence-corrected chi connectivity index (χ2v) is 6.50. The summed E-state index contributed by atoms with van der Waals surface area (Å²) in [5, 5.41) is 3.40. The predicted octanol–water partition coefficient (Wildman–Crippen LogP) is 3.94. The number of piperidine rings is 1. The lowest BCUT2D eigenvalue weighted by Gasteiger charge is -2.33. The molecular formula is C16H24BrFN2. The lowest BCUT2D eigenvalue weighted by atomic mass is 10.0. The van der Waals surface area contributed by atoms with E-state index in [0.717, 1.165) is 29.0 Å². The van der Waals surface area contributed by atoms with Crippen molar-refractivity contribution in [3.05, 3.63) is 34.1 Å². The average Bonchev–Trinajstić information content (AvgIpc) is 2.44. The van der Waals surface area contributed by atoms with Gasteiger partial charge in [-0.15, -0.1) is 0 Å². The minimum Gasteiger partial charge on any atom is -0.313 e. The zero-order valence-corrected chi connectivity index (χ0v) is 13.8. The SMILES string of the molecule is CC1CCCCN1CCCNCc1cc(F)ccc1Br.